The molecule has 2 fully saturated rings. The maximum atomic E-state index is 5.65. The Hall–Kier alpha value is -1.64. The largest absolute Gasteiger partial charge is 0.381 e. The monoisotopic (exact) mass is 378 g/mol. The topological polar surface area (TPSA) is 75.9 Å². The van der Waals surface area contributed by atoms with Crippen molar-refractivity contribution >= 4 is 5.96 Å². The molecule has 152 valence electrons. The molecular weight excluding hydrogens is 344 g/mol. The zero-order valence-corrected chi connectivity index (χ0v) is 16.5. The number of nitrogens with one attached hydrogen (secondary N) is 2. The number of hydrogen-bond donors (Lipinski definition) is 2. The highest BCUT2D eigenvalue weighted by Crippen LogP contribution is 2.22. The van der Waals surface area contributed by atoms with Gasteiger partial charge in [0, 0.05) is 63.7 Å². The van der Waals surface area contributed by atoms with Gasteiger partial charge in [0.25, 0.3) is 0 Å². The van der Waals surface area contributed by atoms with Gasteiger partial charge in [-0.1, -0.05) is 0 Å². The van der Waals surface area contributed by atoms with Gasteiger partial charge in [-0.05, 0) is 25.8 Å². The van der Waals surface area contributed by atoms with Crippen molar-refractivity contribution in [2.24, 2.45) is 10.9 Å². The van der Waals surface area contributed by atoms with Crippen molar-refractivity contribution in [1.29, 1.82) is 0 Å². The van der Waals surface area contributed by atoms with Crippen LogP contribution < -0.4 is 10.6 Å². The number of aliphatic imine (C=N–C) groups is 1. The minimum atomic E-state index is 0.427. The molecule has 0 amide bonds. The van der Waals surface area contributed by atoms with E-state index in [2.05, 4.69) is 27.6 Å². The fraction of sp³-hybridized carbons (Fsp3) is 0.789. The summed E-state index contributed by atoms with van der Waals surface area (Å²) in [5.74, 6) is 1.46. The van der Waals surface area contributed by atoms with E-state index in [1.807, 2.05) is 23.1 Å². The highest BCUT2D eigenvalue weighted by molar-refractivity contribution is 5.79. The fourth-order valence-corrected chi connectivity index (χ4v) is 3.74. The number of aryl methyl sites for hydroxylation is 1. The van der Waals surface area contributed by atoms with E-state index < -0.39 is 0 Å². The lowest BCUT2D eigenvalue weighted by molar-refractivity contribution is 0.00368. The molecule has 0 saturated carbocycles. The van der Waals surface area contributed by atoms with Crippen LogP contribution in [0.25, 0.3) is 0 Å². The Kier molecular flexibility index (Phi) is 8.38. The predicted molar refractivity (Wildman–Crippen MR) is 106 cm³/mol. The van der Waals surface area contributed by atoms with Gasteiger partial charge in [-0.15, -0.1) is 0 Å². The number of guanidine groups is 1. The summed E-state index contributed by atoms with van der Waals surface area (Å²) in [6.07, 6.45) is 5.95. The summed E-state index contributed by atoms with van der Waals surface area (Å²) in [5, 5.41) is 11.1. The fourth-order valence-electron chi connectivity index (χ4n) is 3.74. The lowest BCUT2D eigenvalue weighted by Gasteiger charge is -2.36. The van der Waals surface area contributed by atoms with Gasteiger partial charge in [-0.3, -0.25) is 14.6 Å². The van der Waals surface area contributed by atoms with Crippen molar-refractivity contribution in [2.75, 3.05) is 59.2 Å². The molecule has 3 heterocycles. The summed E-state index contributed by atoms with van der Waals surface area (Å²) in [4.78, 5) is 7.44. The van der Waals surface area contributed by atoms with Crippen molar-refractivity contribution in [2.45, 2.75) is 32.4 Å². The predicted octanol–water partition coefficient (Wildman–Crippen LogP) is 0.566. The lowest BCUT2D eigenvalue weighted by Crippen LogP contribution is -2.49. The molecule has 0 bridgehead atoms. The minimum Gasteiger partial charge on any atom is -0.381 e. The van der Waals surface area contributed by atoms with Crippen LogP contribution in [0.2, 0.25) is 0 Å². The van der Waals surface area contributed by atoms with Gasteiger partial charge in [0.05, 0.1) is 26.4 Å². The van der Waals surface area contributed by atoms with E-state index in [1.165, 1.54) is 0 Å². The summed E-state index contributed by atoms with van der Waals surface area (Å²) < 4.78 is 13.1. The van der Waals surface area contributed by atoms with Crippen LogP contribution in [0.4, 0.5) is 0 Å². The lowest BCUT2D eigenvalue weighted by atomic mass is 9.97. The molecule has 1 aromatic heterocycles. The number of morpholine rings is 1. The molecule has 0 radical (unpaired) electrons. The Morgan fingerprint density at radius 2 is 2.15 bits per heavy atom. The van der Waals surface area contributed by atoms with E-state index in [0.29, 0.717) is 12.0 Å². The van der Waals surface area contributed by atoms with E-state index in [1.54, 1.807) is 0 Å². The Morgan fingerprint density at radius 1 is 1.26 bits per heavy atom. The van der Waals surface area contributed by atoms with E-state index in [4.69, 9.17) is 14.5 Å². The minimum absolute atomic E-state index is 0.427. The van der Waals surface area contributed by atoms with E-state index >= 15 is 0 Å². The van der Waals surface area contributed by atoms with Crippen molar-refractivity contribution in [3.63, 3.8) is 0 Å². The molecule has 0 spiro atoms. The number of nitrogens with zero attached hydrogens (tertiary/aromatic N) is 4. The summed E-state index contributed by atoms with van der Waals surface area (Å²) in [6.45, 7) is 10.9. The van der Waals surface area contributed by atoms with Crippen LogP contribution in [0.15, 0.2) is 23.5 Å². The van der Waals surface area contributed by atoms with E-state index in [0.717, 1.165) is 84.5 Å². The van der Waals surface area contributed by atoms with Crippen LogP contribution in [0.1, 0.15) is 19.8 Å². The van der Waals surface area contributed by atoms with Crippen LogP contribution in [-0.4, -0.2) is 85.8 Å². The Balaban J connectivity index is 1.51. The molecule has 8 heteroatoms. The quantitative estimate of drug-likeness (QED) is 0.372. The molecule has 2 aliphatic heterocycles. The van der Waals surface area contributed by atoms with Gasteiger partial charge >= 0.3 is 0 Å². The smallest absolute Gasteiger partial charge is 0.191 e. The van der Waals surface area contributed by atoms with Gasteiger partial charge in [0.1, 0.15) is 0 Å². The first-order valence-electron chi connectivity index (χ1n) is 10.3. The van der Waals surface area contributed by atoms with Crippen molar-refractivity contribution in [3.05, 3.63) is 18.5 Å². The molecule has 2 N–H and O–H groups in total. The average Bonchev–Trinajstić information content (AvgIpc) is 3.40. The summed E-state index contributed by atoms with van der Waals surface area (Å²) in [7, 11) is 0. The summed E-state index contributed by atoms with van der Waals surface area (Å²) in [6, 6.07) is 2.38. The average molecular weight is 379 g/mol. The zero-order valence-electron chi connectivity index (χ0n) is 16.5. The zero-order chi connectivity index (χ0) is 18.7. The van der Waals surface area contributed by atoms with Crippen LogP contribution in [-0.2, 0) is 16.0 Å². The summed E-state index contributed by atoms with van der Waals surface area (Å²) >= 11 is 0. The van der Waals surface area contributed by atoms with Crippen molar-refractivity contribution in [1.82, 2.24) is 25.3 Å². The van der Waals surface area contributed by atoms with E-state index in [-0.39, 0.29) is 0 Å². The first kappa shape index (κ1) is 20.1. The van der Waals surface area contributed by atoms with Crippen molar-refractivity contribution in [3.8, 4) is 0 Å². The maximum absolute atomic E-state index is 5.65. The summed E-state index contributed by atoms with van der Waals surface area (Å²) in [5.41, 5.74) is 0. The second-order valence-corrected chi connectivity index (χ2v) is 7.11. The third-order valence-corrected chi connectivity index (χ3v) is 5.22. The standard InChI is InChI=1S/C19H34N6O2/c1-2-20-19(21-6-3-8-25-9-4-7-23-25)22-15-18(17-5-12-27-16-17)24-10-13-26-14-11-24/h4,7,9,17-18H,2-3,5-6,8,10-16H2,1H3,(H2,20,21,22). The van der Waals surface area contributed by atoms with Crippen LogP contribution >= 0.6 is 0 Å². The normalized spacial score (nSPS) is 22.7. The van der Waals surface area contributed by atoms with E-state index in [9.17, 15) is 0 Å². The number of hydrogen-bond acceptors (Lipinski definition) is 5. The molecule has 27 heavy (non-hydrogen) atoms. The highest BCUT2D eigenvalue weighted by atomic mass is 16.5. The molecule has 2 saturated heterocycles. The first-order chi connectivity index (χ1) is 13.4. The van der Waals surface area contributed by atoms with Crippen molar-refractivity contribution < 1.29 is 9.47 Å². The van der Waals surface area contributed by atoms with Gasteiger partial charge in [-0.25, -0.2) is 0 Å². The molecule has 1 aromatic rings. The number of rotatable bonds is 9. The van der Waals surface area contributed by atoms with Crippen LogP contribution in [0.3, 0.4) is 0 Å². The number of ether oxygens (including phenoxy) is 2. The number of aromatic nitrogens is 2. The Bertz CT molecular complexity index is 538. The van der Waals surface area contributed by atoms with Gasteiger partial charge in [-0.2, -0.15) is 5.10 Å². The molecule has 2 atom stereocenters. The molecule has 0 aliphatic carbocycles. The van der Waals surface area contributed by atoms with Crippen LogP contribution in [0.5, 0.6) is 0 Å². The van der Waals surface area contributed by atoms with Gasteiger partial charge in [0.2, 0.25) is 0 Å². The molecule has 8 nitrogen and oxygen atoms in total. The van der Waals surface area contributed by atoms with Crippen LogP contribution in [0, 0.1) is 5.92 Å². The Labute approximate surface area is 162 Å². The van der Waals surface area contributed by atoms with Gasteiger partial charge < -0.3 is 20.1 Å². The molecule has 2 aliphatic rings. The molecule has 2 unspecified atom stereocenters. The second-order valence-electron chi connectivity index (χ2n) is 7.11. The first-order valence-corrected chi connectivity index (χ1v) is 10.3. The SMILES string of the molecule is CCNC(=NCC(C1CCOC1)N1CCOCC1)NCCCn1cccn1. The third-order valence-electron chi connectivity index (χ3n) is 5.22. The molecule has 0 aromatic carbocycles. The molecular formula is C19H34N6O2. The third kappa shape index (κ3) is 6.48. The van der Waals surface area contributed by atoms with Gasteiger partial charge in [0.15, 0.2) is 5.96 Å². The second kappa shape index (κ2) is 11.3. The molecule has 3 rings (SSSR count). The Morgan fingerprint density at radius 3 is 2.85 bits per heavy atom. The highest BCUT2D eigenvalue weighted by Gasteiger charge is 2.31. The maximum Gasteiger partial charge on any atom is 0.191 e.